The van der Waals surface area contributed by atoms with Crippen molar-refractivity contribution >= 4 is 24.1 Å². The van der Waals surface area contributed by atoms with Gasteiger partial charge < -0.3 is 74.9 Å². The highest BCUT2D eigenvalue weighted by Crippen LogP contribution is 2.38. The van der Waals surface area contributed by atoms with Crippen LogP contribution in [-0.4, -0.2) is 119 Å². The van der Waals surface area contributed by atoms with Crippen molar-refractivity contribution in [3.8, 4) is 11.5 Å². The molecule has 9 atom stereocenters. The first kappa shape index (κ1) is 40.0. The molecule has 0 saturated carbocycles. The van der Waals surface area contributed by atoms with E-state index < -0.39 is 91.5 Å². The summed E-state index contributed by atoms with van der Waals surface area (Å²) in [6.07, 6.45) is -16.9. The molecule has 2 amide bonds. The normalized spacial score (nSPS) is 27.5. The maximum Gasteiger partial charge on any atom is 0.404 e. The fourth-order valence-corrected chi connectivity index (χ4v) is 5.60. The summed E-state index contributed by atoms with van der Waals surface area (Å²) in [5.41, 5.74) is 11.3. The van der Waals surface area contributed by atoms with Crippen molar-refractivity contribution < 1.29 is 82.6 Å². The first-order valence-corrected chi connectivity index (χ1v) is 15.8. The number of carbonyl (C=O) groups is 4. The van der Waals surface area contributed by atoms with E-state index in [-0.39, 0.29) is 30.1 Å². The number of esters is 2. The van der Waals surface area contributed by atoms with E-state index >= 15 is 0 Å². The minimum absolute atomic E-state index is 0.00129. The molecule has 2 aliphatic rings. The highest BCUT2D eigenvalue weighted by Gasteiger charge is 2.49. The van der Waals surface area contributed by atoms with Gasteiger partial charge in [-0.3, -0.25) is 0 Å². The van der Waals surface area contributed by atoms with E-state index in [0.29, 0.717) is 16.7 Å². The van der Waals surface area contributed by atoms with E-state index in [2.05, 4.69) is 9.47 Å². The molecule has 0 aliphatic carbocycles. The van der Waals surface area contributed by atoms with Crippen LogP contribution >= 0.6 is 0 Å². The molecule has 52 heavy (non-hydrogen) atoms. The standard InChI is InChI=1S/C33H42N2O17/c1-33(2,16-5-7-19(14(9-16)12-47-31(34)43)49-21-11-18(36)22(37)26(51-21)28(41)45-3)17-6-8-20(15(10-17)13-48-32(35)44)50-30-25(40)23(38)24(39)27(52-30)29(42)46-4/h5-10,18,21-27,30,36-40H,11-13H2,1-4H3,(H2,34,43)(H2,35,44)/t18-,21-,22+,23+,24+,25-,26+,27+,30-/m1/s1. The zero-order chi connectivity index (χ0) is 38.5. The van der Waals surface area contributed by atoms with Crippen molar-refractivity contribution in [2.45, 2.75) is 94.2 Å². The lowest BCUT2D eigenvalue weighted by Gasteiger charge is -2.39. The topological polar surface area (TPSA) is 295 Å². The van der Waals surface area contributed by atoms with Gasteiger partial charge in [-0.25, -0.2) is 19.2 Å². The van der Waals surface area contributed by atoms with E-state index in [9.17, 15) is 44.7 Å². The summed E-state index contributed by atoms with van der Waals surface area (Å²) in [5.74, 6) is -1.80. The molecule has 0 spiro atoms. The summed E-state index contributed by atoms with van der Waals surface area (Å²) < 4.78 is 42.1. The van der Waals surface area contributed by atoms with Crippen LogP contribution in [0.3, 0.4) is 0 Å². The Labute approximate surface area is 296 Å². The molecule has 2 aromatic rings. The largest absolute Gasteiger partial charge is 0.467 e. The van der Waals surface area contributed by atoms with Crippen molar-refractivity contribution in [1.82, 2.24) is 0 Å². The highest BCUT2D eigenvalue weighted by molar-refractivity contribution is 5.76. The number of aliphatic hydroxyl groups excluding tert-OH is 5. The molecular weight excluding hydrogens is 696 g/mol. The van der Waals surface area contributed by atoms with Crippen molar-refractivity contribution in [3.63, 3.8) is 0 Å². The zero-order valence-corrected chi connectivity index (χ0v) is 28.6. The number of hydrogen-bond acceptors (Lipinski definition) is 17. The Morgan fingerprint density at radius 2 is 1.19 bits per heavy atom. The van der Waals surface area contributed by atoms with E-state index in [0.717, 1.165) is 14.2 Å². The summed E-state index contributed by atoms with van der Waals surface area (Å²) in [4.78, 5) is 47.4. The Hall–Kier alpha value is -4.76. The lowest BCUT2D eigenvalue weighted by atomic mass is 9.77. The fraction of sp³-hybridized carbons (Fsp3) is 0.515. The first-order valence-electron chi connectivity index (χ1n) is 15.8. The molecule has 2 saturated heterocycles. The van der Waals surface area contributed by atoms with Gasteiger partial charge in [0.05, 0.1) is 20.3 Å². The summed E-state index contributed by atoms with van der Waals surface area (Å²) in [7, 11) is 2.14. The smallest absolute Gasteiger partial charge is 0.404 e. The number of rotatable bonds is 12. The van der Waals surface area contributed by atoms with Crippen LogP contribution in [0.5, 0.6) is 11.5 Å². The molecule has 2 aliphatic heterocycles. The monoisotopic (exact) mass is 738 g/mol. The molecule has 0 bridgehead atoms. The minimum Gasteiger partial charge on any atom is -0.467 e. The van der Waals surface area contributed by atoms with Gasteiger partial charge in [0.1, 0.15) is 49.1 Å². The van der Waals surface area contributed by atoms with Crippen LogP contribution < -0.4 is 20.9 Å². The highest BCUT2D eigenvalue weighted by atomic mass is 16.7. The van der Waals surface area contributed by atoms with Crippen molar-refractivity contribution in [1.29, 1.82) is 0 Å². The third-order valence-corrected chi connectivity index (χ3v) is 8.68. The van der Waals surface area contributed by atoms with Crippen molar-refractivity contribution in [2.75, 3.05) is 14.2 Å². The lowest BCUT2D eigenvalue weighted by Crippen LogP contribution is -2.61. The Morgan fingerprint density at radius 3 is 1.67 bits per heavy atom. The quantitative estimate of drug-likeness (QED) is 0.101. The number of primary amides is 2. The lowest BCUT2D eigenvalue weighted by molar-refractivity contribution is -0.272. The number of methoxy groups -OCH3 is 2. The summed E-state index contributed by atoms with van der Waals surface area (Å²) >= 11 is 0. The zero-order valence-electron chi connectivity index (χ0n) is 28.6. The molecule has 19 nitrogen and oxygen atoms in total. The summed E-state index contributed by atoms with van der Waals surface area (Å²) in [6, 6.07) is 9.59. The molecule has 2 fully saturated rings. The second-order valence-corrected chi connectivity index (χ2v) is 12.4. The molecule has 0 radical (unpaired) electrons. The third kappa shape index (κ3) is 8.99. The van der Waals surface area contributed by atoms with Gasteiger partial charge in [-0.15, -0.1) is 0 Å². The molecule has 19 heteroatoms. The van der Waals surface area contributed by atoms with Crippen molar-refractivity contribution in [3.05, 3.63) is 58.7 Å². The molecule has 9 N–H and O–H groups in total. The Balaban J connectivity index is 1.66. The predicted molar refractivity (Wildman–Crippen MR) is 171 cm³/mol. The number of ether oxygens (including phenoxy) is 8. The van der Waals surface area contributed by atoms with Gasteiger partial charge in [0, 0.05) is 23.0 Å². The molecular formula is C33H42N2O17. The predicted octanol–water partition coefficient (Wildman–Crippen LogP) is -1.05. The summed E-state index contributed by atoms with van der Waals surface area (Å²) in [6.45, 7) is 2.91. The van der Waals surface area contributed by atoms with E-state index in [1.54, 1.807) is 30.3 Å². The number of amides is 2. The fourth-order valence-electron chi connectivity index (χ4n) is 5.60. The molecule has 0 unspecified atom stereocenters. The number of nitrogens with two attached hydrogens (primary N) is 2. The number of hydrogen-bond donors (Lipinski definition) is 7. The van der Waals surface area contributed by atoms with E-state index in [1.807, 2.05) is 13.8 Å². The van der Waals surface area contributed by atoms with E-state index in [4.69, 9.17) is 39.9 Å². The van der Waals surface area contributed by atoms with Gasteiger partial charge in [0.15, 0.2) is 12.2 Å². The van der Waals surface area contributed by atoms with Crippen LogP contribution in [0.4, 0.5) is 9.59 Å². The van der Waals surface area contributed by atoms with E-state index in [1.165, 1.54) is 6.07 Å². The van der Waals surface area contributed by atoms with Gasteiger partial charge in [0.25, 0.3) is 0 Å². The SMILES string of the molecule is COC(=O)[C@H]1O[C@@H](Oc2ccc(C(C)(C)c3ccc(O[C@H]4C[C@@H](O)[C@H](O)[C@@H](C(=O)OC)O4)c(COC(N)=O)c3)cc2COC(N)=O)[C@H](O)[C@@H](O)[C@@H]1O. The van der Waals surface area contributed by atoms with Crippen LogP contribution in [0.2, 0.25) is 0 Å². The average Bonchev–Trinajstić information content (AvgIpc) is 3.11. The van der Waals surface area contributed by atoms with Gasteiger partial charge >= 0.3 is 24.1 Å². The number of carbonyl (C=O) groups excluding carboxylic acids is 4. The number of aliphatic hydroxyl groups is 5. The molecule has 4 rings (SSSR count). The first-order chi connectivity index (χ1) is 24.5. The van der Waals surface area contributed by atoms with Gasteiger partial charge in [-0.2, -0.15) is 0 Å². The average molecular weight is 739 g/mol. The van der Waals surface area contributed by atoms with Crippen LogP contribution in [0.15, 0.2) is 36.4 Å². The molecule has 2 aromatic carbocycles. The Morgan fingerprint density at radius 1 is 0.712 bits per heavy atom. The van der Waals surface area contributed by atoms with Gasteiger partial charge in [0.2, 0.25) is 12.6 Å². The van der Waals surface area contributed by atoms with Gasteiger partial charge in [-0.05, 0) is 35.4 Å². The molecule has 286 valence electrons. The molecule has 2 heterocycles. The maximum absolute atomic E-state index is 12.1. The maximum atomic E-state index is 12.1. The second kappa shape index (κ2) is 16.7. The van der Waals surface area contributed by atoms with Gasteiger partial charge in [-0.1, -0.05) is 26.0 Å². The Kier molecular flexibility index (Phi) is 12.9. The van der Waals surface area contributed by atoms with Crippen LogP contribution in [0.1, 0.15) is 42.5 Å². The molecule has 0 aromatic heterocycles. The van der Waals surface area contributed by atoms with Crippen molar-refractivity contribution in [2.24, 2.45) is 11.5 Å². The van der Waals surface area contributed by atoms with Crippen LogP contribution in [-0.2, 0) is 56.6 Å². The van der Waals surface area contributed by atoms with Crippen LogP contribution in [0, 0.1) is 0 Å². The minimum atomic E-state index is -1.85. The third-order valence-electron chi connectivity index (χ3n) is 8.68. The number of benzene rings is 2. The second-order valence-electron chi connectivity index (χ2n) is 12.4. The van der Waals surface area contributed by atoms with Crippen LogP contribution in [0.25, 0.3) is 0 Å². The Bertz CT molecular complexity index is 1620. The summed E-state index contributed by atoms with van der Waals surface area (Å²) in [5, 5.41) is 51.7.